The average molecular weight is 289 g/mol. The minimum absolute atomic E-state index is 0.0126. The number of anilines is 1. The van der Waals surface area contributed by atoms with Gasteiger partial charge >= 0.3 is 0 Å². The number of rotatable bonds is 7. The largest absolute Gasteiger partial charge is 0.315 e. The Morgan fingerprint density at radius 3 is 2.29 bits per heavy atom. The first-order valence-corrected chi connectivity index (χ1v) is 7.19. The van der Waals surface area contributed by atoms with Gasteiger partial charge in [0.1, 0.15) is 11.6 Å². The normalized spacial score (nSPS) is 10.5. The van der Waals surface area contributed by atoms with Gasteiger partial charge in [0.15, 0.2) is 0 Å². The van der Waals surface area contributed by atoms with Gasteiger partial charge < -0.3 is 9.69 Å². The van der Waals surface area contributed by atoms with E-state index in [1.807, 2.05) is 38.1 Å². The molecule has 0 fully saturated rings. The van der Waals surface area contributed by atoms with E-state index >= 15 is 0 Å². The molecule has 0 unspecified atom stereocenters. The van der Waals surface area contributed by atoms with Gasteiger partial charge in [-0.25, -0.2) is 0 Å². The average Bonchev–Trinajstić information content (AvgIpc) is 2.44. The number of ketones is 2. The molecule has 4 nitrogen and oxygen atoms in total. The van der Waals surface area contributed by atoms with E-state index in [1.165, 1.54) is 6.92 Å². The number of amides is 1. The van der Waals surface area contributed by atoms with Gasteiger partial charge in [0.05, 0.1) is 0 Å². The zero-order chi connectivity index (χ0) is 16.0. The quantitative estimate of drug-likeness (QED) is 0.775. The van der Waals surface area contributed by atoms with Crippen molar-refractivity contribution in [2.24, 2.45) is 5.92 Å². The summed E-state index contributed by atoms with van der Waals surface area (Å²) in [6.07, 6.45) is 0.784. The fourth-order valence-electron chi connectivity index (χ4n) is 2.11. The smallest absolute Gasteiger partial charge is 0.229 e. The van der Waals surface area contributed by atoms with E-state index in [2.05, 4.69) is 0 Å². The molecule has 0 heterocycles. The number of para-hydroxylation sites is 1. The second-order valence-corrected chi connectivity index (χ2v) is 5.60. The fourth-order valence-corrected chi connectivity index (χ4v) is 2.11. The minimum Gasteiger partial charge on any atom is -0.315 e. The molecule has 0 saturated carbocycles. The summed E-state index contributed by atoms with van der Waals surface area (Å²) < 4.78 is 0. The van der Waals surface area contributed by atoms with Crippen LogP contribution in [0.25, 0.3) is 0 Å². The van der Waals surface area contributed by atoms with Crippen LogP contribution in [0.2, 0.25) is 0 Å². The highest BCUT2D eigenvalue weighted by molar-refractivity contribution is 5.96. The SMILES string of the molecule is CC(=O)CCC(=O)Cc1ccccc1N(C)C(=O)C(C)C. The zero-order valence-corrected chi connectivity index (χ0v) is 13.2. The summed E-state index contributed by atoms with van der Waals surface area (Å²) in [5.41, 5.74) is 1.58. The molecule has 0 N–H and O–H groups in total. The van der Waals surface area contributed by atoms with Gasteiger partial charge in [-0.3, -0.25) is 9.59 Å². The molecule has 1 aromatic carbocycles. The third kappa shape index (κ3) is 5.14. The van der Waals surface area contributed by atoms with Gasteiger partial charge in [-0.1, -0.05) is 32.0 Å². The molecule has 0 radical (unpaired) electrons. The molecule has 1 rings (SSSR count). The van der Waals surface area contributed by atoms with E-state index in [4.69, 9.17) is 0 Å². The predicted molar refractivity (Wildman–Crippen MR) is 83.3 cm³/mol. The van der Waals surface area contributed by atoms with Crippen molar-refractivity contribution >= 4 is 23.2 Å². The second-order valence-electron chi connectivity index (χ2n) is 5.60. The summed E-state index contributed by atoms with van der Waals surface area (Å²) in [4.78, 5) is 36.6. The Hall–Kier alpha value is -1.97. The number of hydrogen-bond donors (Lipinski definition) is 0. The molecule has 0 atom stereocenters. The van der Waals surface area contributed by atoms with Crippen molar-refractivity contribution in [1.82, 2.24) is 0 Å². The Bertz CT molecular complexity index is 535. The Labute approximate surface area is 126 Å². The summed E-state index contributed by atoms with van der Waals surface area (Å²) in [6, 6.07) is 7.40. The van der Waals surface area contributed by atoms with Crippen molar-refractivity contribution in [1.29, 1.82) is 0 Å². The van der Waals surface area contributed by atoms with Crippen LogP contribution in [-0.2, 0) is 20.8 Å². The van der Waals surface area contributed by atoms with Crippen LogP contribution >= 0.6 is 0 Å². The molecular weight excluding hydrogens is 266 g/mol. The second kappa shape index (κ2) is 7.72. The van der Waals surface area contributed by atoms with E-state index in [0.717, 1.165) is 11.3 Å². The summed E-state index contributed by atoms with van der Waals surface area (Å²) in [5, 5.41) is 0. The highest BCUT2D eigenvalue weighted by Gasteiger charge is 2.18. The Morgan fingerprint density at radius 2 is 1.71 bits per heavy atom. The Kier molecular flexibility index (Phi) is 6.28. The minimum atomic E-state index is -0.100. The number of Topliss-reactive ketones (excluding diaryl/α,β-unsaturated/α-hetero) is 2. The van der Waals surface area contributed by atoms with Crippen LogP contribution in [0.15, 0.2) is 24.3 Å². The first-order chi connectivity index (χ1) is 9.82. The summed E-state index contributed by atoms with van der Waals surface area (Å²) in [6.45, 7) is 5.18. The van der Waals surface area contributed by atoms with Gasteiger partial charge in [-0.2, -0.15) is 0 Å². The zero-order valence-electron chi connectivity index (χ0n) is 13.2. The number of nitrogens with zero attached hydrogens (tertiary/aromatic N) is 1. The van der Waals surface area contributed by atoms with Crippen molar-refractivity contribution in [2.75, 3.05) is 11.9 Å². The Morgan fingerprint density at radius 1 is 1.10 bits per heavy atom. The molecule has 4 heteroatoms. The van der Waals surface area contributed by atoms with Gasteiger partial charge in [0, 0.05) is 37.9 Å². The lowest BCUT2D eigenvalue weighted by atomic mass is 10.0. The summed E-state index contributed by atoms with van der Waals surface area (Å²) >= 11 is 0. The monoisotopic (exact) mass is 289 g/mol. The number of hydrogen-bond acceptors (Lipinski definition) is 3. The van der Waals surface area contributed by atoms with Crippen molar-refractivity contribution in [3.05, 3.63) is 29.8 Å². The third-order valence-electron chi connectivity index (χ3n) is 3.32. The molecule has 21 heavy (non-hydrogen) atoms. The Balaban J connectivity index is 2.87. The molecule has 0 bridgehead atoms. The first kappa shape index (κ1) is 17.1. The third-order valence-corrected chi connectivity index (χ3v) is 3.32. The molecule has 0 aromatic heterocycles. The molecule has 0 aliphatic heterocycles. The van der Waals surface area contributed by atoms with E-state index in [1.54, 1.807) is 11.9 Å². The summed E-state index contributed by atoms with van der Waals surface area (Å²) in [5.74, 6) is -0.0538. The molecule has 0 saturated heterocycles. The van der Waals surface area contributed by atoms with Crippen LogP contribution in [-0.4, -0.2) is 24.5 Å². The van der Waals surface area contributed by atoms with Crippen molar-refractivity contribution in [3.63, 3.8) is 0 Å². The molecular formula is C17H23NO3. The van der Waals surface area contributed by atoms with E-state index in [0.29, 0.717) is 0 Å². The maximum atomic E-state index is 12.1. The van der Waals surface area contributed by atoms with Crippen molar-refractivity contribution in [2.45, 2.75) is 40.0 Å². The number of carbonyl (C=O) groups excluding carboxylic acids is 3. The molecule has 0 aliphatic carbocycles. The molecule has 1 amide bonds. The van der Waals surface area contributed by atoms with Crippen LogP contribution in [0.3, 0.4) is 0 Å². The molecule has 1 aromatic rings. The highest BCUT2D eigenvalue weighted by atomic mass is 16.2. The number of carbonyl (C=O) groups is 3. The van der Waals surface area contributed by atoms with Gasteiger partial charge in [0.25, 0.3) is 0 Å². The van der Waals surface area contributed by atoms with E-state index < -0.39 is 0 Å². The van der Waals surface area contributed by atoms with Crippen LogP contribution in [0, 0.1) is 5.92 Å². The lowest BCUT2D eigenvalue weighted by molar-refractivity contribution is -0.122. The van der Waals surface area contributed by atoms with Crippen LogP contribution in [0.4, 0.5) is 5.69 Å². The van der Waals surface area contributed by atoms with E-state index in [-0.39, 0.29) is 42.7 Å². The molecule has 114 valence electrons. The molecule has 0 aliphatic rings. The standard InChI is InChI=1S/C17H23NO3/c1-12(2)17(21)18(4)16-8-6-5-7-14(16)11-15(20)10-9-13(3)19/h5-8,12H,9-11H2,1-4H3. The van der Waals surface area contributed by atoms with Gasteiger partial charge in [-0.15, -0.1) is 0 Å². The maximum absolute atomic E-state index is 12.1. The topological polar surface area (TPSA) is 54.5 Å². The van der Waals surface area contributed by atoms with Gasteiger partial charge in [0.2, 0.25) is 5.91 Å². The molecule has 0 spiro atoms. The highest BCUT2D eigenvalue weighted by Crippen LogP contribution is 2.22. The van der Waals surface area contributed by atoms with Crippen LogP contribution < -0.4 is 4.90 Å². The van der Waals surface area contributed by atoms with Crippen molar-refractivity contribution < 1.29 is 14.4 Å². The van der Waals surface area contributed by atoms with E-state index in [9.17, 15) is 14.4 Å². The van der Waals surface area contributed by atoms with Gasteiger partial charge in [-0.05, 0) is 18.6 Å². The maximum Gasteiger partial charge on any atom is 0.229 e. The summed E-state index contributed by atoms with van der Waals surface area (Å²) in [7, 11) is 1.72. The first-order valence-electron chi connectivity index (χ1n) is 7.19. The van der Waals surface area contributed by atoms with Crippen LogP contribution in [0.1, 0.15) is 39.2 Å². The van der Waals surface area contributed by atoms with Crippen molar-refractivity contribution in [3.8, 4) is 0 Å². The van der Waals surface area contributed by atoms with Crippen LogP contribution in [0.5, 0.6) is 0 Å². The lowest BCUT2D eigenvalue weighted by Gasteiger charge is -2.22. The number of benzene rings is 1. The lowest BCUT2D eigenvalue weighted by Crippen LogP contribution is -2.31. The predicted octanol–water partition coefficient (Wildman–Crippen LogP) is 2.79. The fraction of sp³-hybridized carbons (Fsp3) is 0.471.